The maximum absolute atomic E-state index is 10.5. The lowest BCUT2D eigenvalue weighted by molar-refractivity contribution is -0.145. The van der Waals surface area contributed by atoms with E-state index >= 15 is 0 Å². The predicted octanol–water partition coefficient (Wildman–Crippen LogP) is 1.10. The van der Waals surface area contributed by atoms with Crippen molar-refractivity contribution in [3.8, 4) is 0 Å². The van der Waals surface area contributed by atoms with Crippen molar-refractivity contribution < 1.29 is 28.7 Å². The van der Waals surface area contributed by atoms with E-state index in [2.05, 4.69) is 9.47 Å². The molecule has 0 heterocycles. The highest BCUT2D eigenvalue weighted by atomic mass is 35.5. The van der Waals surface area contributed by atoms with Gasteiger partial charge in [0.05, 0.1) is 25.5 Å². The van der Waals surface area contributed by atoms with Crippen LogP contribution >= 0.6 is 23.2 Å². The van der Waals surface area contributed by atoms with Crippen LogP contribution in [0.1, 0.15) is 19.8 Å². The molecule has 0 saturated carbocycles. The van der Waals surface area contributed by atoms with Gasteiger partial charge in [-0.15, -0.1) is 23.2 Å². The van der Waals surface area contributed by atoms with Gasteiger partial charge in [0.2, 0.25) is 0 Å². The number of Topliss-reactive ketones (excluding diaryl/α,β-unsaturated/α-hetero) is 2. The Hall–Kier alpha value is -1.14. The van der Waals surface area contributed by atoms with Gasteiger partial charge in [-0.3, -0.25) is 19.2 Å². The van der Waals surface area contributed by atoms with Gasteiger partial charge in [-0.1, -0.05) is 0 Å². The van der Waals surface area contributed by atoms with Gasteiger partial charge in [0, 0.05) is 0 Å². The second-order valence-electron chi connectivity index (χ2n) is 3.08. The van der Waals surface area contributed by atoms with Crippen molar-refractivity contribution in [3.63, 3.8) is 0 Å². The molecule has 0 aromatic heterocycles. The number of esters is 2. The monoisotopic (exact) mass is 314 g/mol. The lowest BCUT2D eigenvalue weighted by Crippen LogP contribution is -2.11. The Morgan fingerprint density at radius 2 is 1.32 bits per heavy atom. The molecule has 0 aliphatic rings. The lowest BCUT2D eigenvalue weighted by atomic mass is 10.3. The predicted molar refractivity (Wildman–Crippen MR) is 69.3 cm³/mol. The second-order valence-corrected chi connectivity index (χ2v) is 3.61. The molecule has 0 N–H and O–H groups in total. The molecule has 0 unspecified atom stereocenters. The van der Waals surface area contributed by atoms with E-state index in [1.807, 2.05) is 0 Å². The van der Waals surface area contributed by atoms with Crippen LogP contribution in [0.2, 0.25) is 0 Å². The summed E-state index contributed by atoms with van der Waals surface area (Å²) >= 11 is 10.2. The van der Waals surface area contributed by atoms with Gasteiger partial charge >= 0.3 is 11.9 Å². The summed E-state index contributed by atoms with van der Waals surface area (Å²) < 4.78 is 8.70. The number of carbonyl (C=O) groups excluding carboxylic acids is 4. The molecule has 0 radical (unpaired) electrons. The third-order valence-electron chi connectivity index (χ3n) is 1.51. The molecule has 0 aliphatic carbocycles. The Kier molecular flexibility index (Phi) is 14.1. The fourth-order valence-electron chi connectivity index (χ4n) is 0.701. The quantitative estimate of drug-likeness (QED) is 0.397. The minimum absolute atomic E-state index is 0.126. The van der Waals surface area contributed by atoms with E-state index in [9.17, 15) is 19.2 Å². The molecule has 0 aliphatic heterocycles. The largest absolute Gasteiger partial charge is 0.469 e. The van der Waals surface area contributed by atoms with Crippen LogP contribution in [0.5, 0.6) is 0 Å². The highest BCUT2D eigenvalue weighted by molar-refractivity contribution is 6.29. The molecule has 8 heteroatoms. The molecule has 0 amide bonds. The van der Waals surface area contributed by atoms with Crippen LogP contribution in [0, 0.1) is 0 Å². The number of hydrogen-bond acceptors (Lipinski definition) is 6. The van der Waals surface area contributed by atoms with Crippen LogP contribution < -0.4 is 0 Å². The zero-order chi connectivity index (χ0) is 15.3. The highest BCUT2D eigenvalue weighted by Gasteiger charge is 2.07. The molecule has 0 aromatic carbocycles. The van der Waals surface area contributed by atoms with Gasteiger partial charge in [0.25, 0.3) is 0 Å². The third kappa shape index (κ3) is 14.8. The molecule has 0 bridgehead atoms. The Morgan fingerprint density at radius 3 is 1.63 bits per heavy atom. The molecular formula is C11H16Cl2O6. The second kappa shape index (κ2) is 13.3. The third-order valence-corrected chi connectivity index (χ3v) is 2.11. The van der Waals surface area contributed by atoms with Crippen molar-refractivity contribution in [3.05, 3.63) is 0 Å². The van der Waals surface area contributed by atoms with E-state index < -0.39 is 11.9 Å². The van der Waals surface area contributed by atoms with Gasteiger partial charge in [-0.25, -0.2) is 0 Å². The number of alkyl halides is 2. The summed E-state index contributed by atoms with van der Waals surface area (Å²) in [4.78, 5) is 41.6. The number of methoxy groups -OCH3 is 1. The Labute approximate surface area is 121 Å². The summed E-state index contributed by atoms with van der Waals surface area (Å²) in [5.41, 5.74) is 0. The fourth-order valence-corrected chi connectivity index (χ4v) is 0.890. The van der Waals surface area contributed by atoms with Gasteiger partial charge in [-0.05, 0) is 6.92 Å². The van der Waals surface area contributed by atoms with Crippen molar-refractivity contribution in [1.82, 2.24) is 0 Å². The summed E-state index contributed by atoms with van der Waals surface area (Å²) in [5.74, 6) is -1.93. The standard InChI is InChI=1S/C6H9ClO3.C5H7ClO3/c1-2-10-6(9)3-5(8)4-7;1-9-5(8)2-4(7)3-6/h2-4H2,1H3;2-3H2,1H3. The van der Waals surface area contributed by atoms with Crippen LogP contribution in [-0.2, 0) is 28.7 Å². The van der Waals surface area contributed by atoms with Crippen LogP contribution in [0.15, 0.2) is 0 Å². The molecule has 0 aromatic rings. The SMILES string of the molecule is CCOC(=O)CC(=O)CCl.COC(=O)CC(=O)CCl. The van der Waals surface area contributed by atoms with Crippen LogP contribution in [0.3, 0.4) is 0 Å². The van der Waals surface area contributed by atoms with E-state index in [1.165, 1.54) is 7.11 Å². The molecule has 6 nitrogen and oxygen atoms in total. The Bertz CT molecular complexity index is 302. The van der Waals surface area contributed by atoms with Gasteiger partial charge in [0.1, 0.15) is 12.8 Å². The zero-order valence-electron chi connectivity index (χ0n) is 10.7. The first-order valence-corrected chi connectivity index (χ1v) is 6.35. The number of carbonyl (C=O) groups is 4. The first-order chi connectivity index (χ1) is 8.90. The van der Waals surface area contributed by atoms with Crippen molar-refractivity contribution in [2.45, 2.75) is 19.8 Å². The molecular weight excluding hydrogens is 299 g/mol. The maximum atomic E-state index is 10.5. The molecule has 19 heavy (non-hydrogen) atoms. The van der Waals surface area contributed by atoms with Crippen molar-refractivity contribution >= 4 is 46.7 Å². The smallest absolute Gasteiger partial charge is 0.313 e. The average molecular weight is 315 g/mol. The van der Waals surface area contributed by atoms with E-state index in [0.29, 0.717) is 6.61 Å². The van der Waals surface area contributed by atoms with Crippen molar-refractivity contribution in [1.29, 1.82) is 0 Å². The average Bonchev–Trinajstić information content (AvgIpc) is 2.39. The Balaban J connectivity index is 0. The summed E-state index contributed by atoms with van der Waals surface area (Å²) in [6.07, 6.45) is -0.433. The van der Waals surface area contributed by atoms with Crippen LogP contribution in [0.25, 0.3) is 0 Å². The molecule has 0 rings (SSSR count). The number of halogens is 2. The van der Waals surface area contributed by atoms with Crippen LogP contribution in [0.4, 0.5) is 0 Å². The van der Waals surface area contributed by atoms with Gasteiger partial charge < -0.3 is 9.47 Å². The molecule has 0 fully saturated rings. The van der Waals surface area contributed by atoms with Crippen molar-refractivity contribution in [2.24, 2.45) is 0 Å². The number of ketones is 2. The first kappa shape index (κ1) is 20.2. The summed E-state index contributed by atoms with van der Waals surface area (Å²) in [6.45, 7) is 1.98. The lowest BCUT2D eigenvalue weighted by Gasteiger charge is -1.97. The maximum Gasteiger partial charge on any atom is 0.313 e. The summed E-state index contributed by atoms with van der Waals surface area (Å²) in [7, 11) is 1.23. The zero-order valence-corrected chi connectivity index (χ0v) is 12.3. The van der Waals surface area contributed by atoms with Crippen LogP contribution in [-0.4, -0.2) is 49.0 Å². The van der Waals surface area contributed by atoms with E-state index in [0.717, 1.165) is 0 Å². The summed E-state index contributed by atoms with van der Waals surface area (Å²) in [5, 5.41) is 0. The van der Waals surface area contributed by atoms with E-state index in [-0.39, 0.29) is 36.2 Å². The molecule has 0 saturated heterocycles. The number of rotatable bonds is 7. The van der Waals surface area contributed by atoms with Crippen molar-refractivity contribution in [2.75, 3.05) is 25.5 Å². The molecule has 0 atom stereocenters. The van der Waals surface area contributed by atoms with Gasteiger partial charge in [-0.2, -0.15) is 0 Å². The van der Waals surface area contributed by atoms with Gasteiger partial charge in [0.15, 0.2) is 11.6 Å². The number of ether oxygens (including phenoxy) is 2. The normalized spacial score (nSPS) is 8.84. The Morgan fingerprint density at radius 1 is 0.895 bits per heavy atom. The minimum atomic E-state index is -0.541. The molecule has 0 spiro atoms. The van der Waals surface area contributed by atoms with E-state index in [4.69, 9.17) is 23.2 Å². The van der Waals surface area contributed by atoms with E-state index in [1.54, 1.807) is 6.92 Å². The first-order valence-electron chi connectivity index (χ1n) is 5.28. The summed E-state index contributed by atoms with van der Waals surface area (Å²) in [6, 6.07) is 0. The molecule has 110 valence electrons. The fraction of sp³-hybridized carbons (Fsp3) is 0.636. The topological polar surface area (TPSA) is 86.7 Å². The minimum Gasteiger partial charge on any atom is -0.469 e. The number of hydrogen-bond donors (Lipinski definition) is 0. The highest BCUT2D eigenvalue weighted by Crippen LogP contribution is 1.90.